The Hall–Kier alpha value is -4.78. The largest absolute Gasteiger partial charge is 0.493 e. The summed E-state index contributed by atoms with van der Waals surface area (Å²) in [4.78, 5) is 45.1. The Morgan fingerprint density at radius 2 is 1.83 bits per heavy atom. The lowest BCUT2D eigenvalue weighted by Gasteiger charge is -2.26. The van der Waals surface area contributed by atoms with Crippen molar-refractivity contribution in [2.24, 2.45) is 19.1 Å². The smallest absolute Gasteiger partial charge is 0.270 e. The van der Waals surface area contributed by atoms with Crippen LogP contribution in [0.1, 0.15) is 47.4 Å². The molecule has 252 valence electrons. The average Bonchev–Trinajstić information content (AvgIpc) is 3.79. The maximum absolute atomic E-state index is 12.9. The Morgan fingerprint density at radius 1 is 1.04 bits per heavy atom. The summed E-state index contributed by atoms with van der Waals surface area (Å²) in [7, 11) is 5.39. The summed E-state index contributed by atoms with van der Waals surface area (Å²) in [5.41, 5.74) is 4.85. The zero-order chi connectivity index (χ0) is 33.3. The second-order valence-electron chi connectivity index (χ2n) is 11.9. The van der Waals surface area contributed by atoms with E-state index in [0.717, 1.165) is 48.4 Å². The minimum atomic E-state index is -0.106. The van der Waals surface area contributed by atoms with E-state index in [1.807, 2.05) is 77.9 Å². The van der Waals surface area contributed by atoms with Crippen LogP contribution in [0.2, 0.25) is 0 Å². The predicted molar refractivity (Wildman–Crippen MR) is 180 cm³/mol. The molecule has 3 amide bonds. The summed E-state index contributed by atoms with van der Waals surface area (Å²) in [6.45, 7) is 5.87. The zero-order valence-electron chi connectivity index (χ0n) is 27.7. The van der Waals surface area contributed by atoms with E-state index in [2.05, 4.69) is 15.6 Å². The fourth-order valence-corrected chi connectivity index (χ4v) is 5.82. The van der Waals surface area contributed by atoms with Crippen LogP contribution in [-0.2, 0) is 35.0 Å². The molecule has 2 aromatic heterocycles. The van der Waals surface area contributed by atoms with Gasteiger partial charge < -0.3 is 43.8 Å². The molecule has 2 N–H and O–H groups in total. The van der Waals surface area contributed by atoms with Crippen LogP contribution in [0.5, 0.6) is 11.5 Å². The van der Waals surface area contributed by atoms with E-state index in [9.17, 15) is 14.4 Å². The summed E-state index contributed by atoms with van der Waals surface area (Å²) in [5.74, 6) is 1.05. The number of hydrogen-bond donors (Lipinski definition) is 2. The molecule has 13 nitrogen and oxygen atoms in total. The highest BCUT2D eigenvalue weighted by Gasteiger charge is 2.22. The molecule has 1 aromatic carbocycles. The van der Waals surface area contributed by atoms with E-state index in [1.54, 1.807) is 12.0 Å². The third-order valence-electron chi connectivity index (χ3n) is 8.54. The number of hydrogen-bond acceptors (Lipinski definition) is 8. The van der Waals surface area contributed by atoms with Gasteiger partial charge in [-0.2, -0.15) is 0 Å². The number of amides is 3. The van der Waals surface area contributed by atoms with E-state index in [1.165, 1.54) is 0 Å². The summed E-state index contributed by atoms with van der Waals surface area (Å²) in [6.07, 6.45) is 9.15. The Labute approximate surface area is 275 Å². The van der Waals surface area contributed by atoms with Crippen LogP contribution in [0.15, 0.2) is 41.7 Å². The minimum Gasteiger partial charge on any atom is -0.493 e. The Kier molecular flexibility index (Phi) is 11.2. The molecular formula is C34H45N7O6. The molecule has 47 heavy (non-hydrogen) atoms. The fourth-order valence-electron chi connectivity index (χ4n) is 5.82. The number of carbonyl (C=O) groups excluding carboxylic acids is 3. The molecule has 1 unspecified atom stereocenters. The highest BCUT2D eigenvalue weighted by atomic mass is 16.5. The summed E-state index contributed by atoms with van der Waals surface area (Å²) < 4.78 is 20.7. The zero-order valence-corrected chi connectivity index (χ0v) is 27.7. The van der Waals surface area contributed by atoms with Gasteiger partial charge in [-0.25, -0.2) is 0 Å². The number of aliphatic imine (C=N–C) groups is 1. The van der Waals surface area contributed by atoms with E-state index in [4.69, 9.17) is 14.2 Å². The monoisotopic (exact) mass is 647 g/mol. The first kappa shape index (κ1) is 33.6. The highest BCUT2D eigenvalue weighted by Crippen LogP contribution is 2.35. The number of nitrogens with one attached hydrogen (secondary N) is 2. The molecule has 0 aliphatic carbocycles. The van der Waals surface area contributed by atoms with Gasteiger partial charge in [0, 0.05) is 70.5 Å². The fraction of sp³-hybridized carbons (Fsp3) is 0.471. The topological polar surface area (TPSA) is 132 Å². The standard InChI is InChI=1S/C34H45N7O6/c1-24-15-31(45-4)32(18-29(24)36-19-27-7-5-9-41(27)23-42)47-12-6-8-33(43)37-26-16-28(38(2)22-26)20-35-25-17-30(39(3)21-25)34(44)40-10-13-46-14-11-40/h15-19,21-23,27,35H,5-14,20H2,1-4H3,(H,37,43). The van der Waals surface area contributed by atoms with Crippen LogP contribution in [-0.4, -0.2) is 96.0 Å². The SMILES string of the molecule is COc1cc(C)c(N=CC2CCCN2C=O)cc1OCCCC(=O)Nc1cc(CNc2cc(C(=O)N3CCOCC3)n(C)c2)n(C)c1. The number of anilines is 2. The van der Waals surface area contributed by atoms with Crippen molar-refractivity contribution in [3.8, 4) is 11.5 Å². The van der Waals surface area contributed by atoms with Crippen molar-refractivity contribution in [1.29, 1.82) is 0 Å². The molecule has 0 spiro atoms. The van der Waals surface area contributed by atoms with Gasteiger partial charge >= 0.3 is 0 Å². The summed E-state index contributed by atoms with van der Waals surface area (Å²) in [6, 6.07) is 7.52. The van der Waals surface area contributed by atoms with Crippen molar-refractivity contribution in [3.63, 3.8) is 0 Å². The van der Waals surface area contributed by atoms with Gasteiger partial charge in [0.2, 0.25) is 12.3 Å². The van der Waals surface area contributed by atoms with Crippen molar-refractivity contribution < 1.29 is 28.6 Å². The van der Waals surface area contributed by atoms with Crippen LogP contribution < -0.4 is 20.1 Å². The third kappa shape index (κ3) is 8.53. The van der Waals surface area contributed by atoms with Crippen LogP contribution in [0.25, 0.3) is 0 Å². The molecule has 4 heterocycles. The molecule has 1 atom stereocenters. The van der Waals surface area contributed by atoms with Gasteiger partial charge in [0.1, 0.15) is 5.69 Å². The Bertz CT molecular complexity index is 1590. The van der Waals surface area contributed by atoms with Crippen molar-refractivity contribution in [1.82, 2.24) is 18.9 Å². The minimum absolute atomic E-state index is 0.00205. The number of likely N-dealkylation sites (tertiary alicyclic amines) is 1. The molecule has 3 aromatic rings. The predicted octanol–water partition coefficient (Wildman–Crippen LogP) is 3.89. The highest BCUT2D eigenvalue weighted by molar-refractivity contribution is 5.94. The molecule has 0 saturated carbocycles. The molecule has 2 saturated heterocycles. The second-order valence-corrected chi connectivity index (χ2v) is 11.9. The number of aryl methyl sites for hydroxylation is 3. The van der Waals surface area contributed by atoms with Gasteiger partial charge in [0.15, 0.2) is 11.5 Å². The van der Waals surface area contributed by atoms with Gasteiger partial charge in [-0.1, -0.05) is 0 Å². The van der Waals surface area contributed by atoms with E-state index in [0.29, 0.717) is 68.8 Å². The summed E-state index contributed by atoms with van der Waals surface area (Å²) >= 11 is 0. The average molecular weight is 648 g/mol. The second kappa shape index (κ2) is 15.7. The molecule has 5 rings (SSSR count). The lowest BCUT2D eigenvalue weighted by molar-refractivity contribution is -0.118. The summed E-state index contributed by atoms with van der Waals surface area (Å²) in [5, 5.41) is 6.36. The first-order chi connectivity index (χ1) is 22.7. The maximum atomic E-state index is 12.9. The third-order valence-corrected chi connectivity index (χ3v) is 8.54. The maximum Gasteiger partial charge on any atom is 0.270 e. The van der Waals surface area contributed by atoms with E-state index >= 15 is 0 Å². The molecule has 0 radical (unpaired) electrons. The van der Waals surface area contributed by atoms with Gasteiger partial charge in [-0.05, 0) is 49.9 Å². The molecule has 2 aliphatic heterocycles. The molecule has 13 heteroatoms. The lowest BCUT2D eigenvalue weighted by atomic mass is 10.1. The number of carbonyl (C=O) groups is 3. The molecule has 2 aliphatic rings. The number of aromatic nitrogens is 2. The van der Waals surface area contributed by atoms with Crippen molar-refractivity contribution in [2.75, 3.05) is 57.2 Å². The molecular weight excluding hydrogens is 602 g/mol. The van der Waals surface area contributed by atoms with Crippen molar-refractivity contribution in [3.05, 3.63) is 53.6 Å². The van der Waals surface area contributed by atoms with E-state index in [-0.39, 0.29) is 24.3 Å². The lowest BCUT2D eigenvalue weighted by Crippen LogP contribution is -2.41. The Morgan fingerprint density at radius 3 is 2.60 bits per heavy atom. The molecule has 0 bridgehead atoms. The normalized spacial score (nSPS) is 16.5. The van der Waals surface area contributed by atoms with E-state index < -0.39 is 0 Å². The number of benzene rings is 1. The number of morpholine rings is 1. The first-order valence-corrected chi connectivity index (χ1v) is 16.0. The van der Waals surface area contributed by atoms with Gasteiger partial charge in [0.25, 0.3) is 5.91 Å². The van der Waals surface area contributed by atoms with Gasteiger partial charge in [0.05, 0.1) is 56.6 Å². The number of ether oxygens (including phenoxy) is 3. The number of nitrogens with zero attached hydrogens (tertiary/aromatic N) is 5. The quantitative estimate of drug-likeness (QED) is 0.154. The van der Waals surface area contributed by atoms with Crippen molar-refractivity contribution in [2.45, 2.75) is 45.2 Å². The number of rotatable bonds is 14. The Balaban J connectivity index is 1.09. The van der Waals surface area contributed by atoms with Crippen LogP contribution in [0.3, 0.4) is 0 Å². The van der Waals surface area contributed by atoms with Crippen LogP contribution >= 0.6 is 0 Å². The van der Waals surface area contributed by atoms with Crippen LogP contribution in [0.4, 0.5) is 17.1 Å². The van der Waals surface area contributed by atoms with Gasteiger partial charge in [-0.15, -0.1) is 0 Å². The first-order valence-electron chi connectivity index (χ1n) is 16.0. The van der Waals surface area contributed by atoms with Crippen LogP contribution in [0, 0.1) is 6.92 Å². The molecule has 2 fully saturated rings. The number of methoxy groups -OCH3 is 1. The van der Waals surface area contributed by atoms with Gasteiger partial charge in [-0.3, -0.25) is 19.4 Å². The van der Waals surface area contributed by atoms with Crippen molar-refractivity contribution >= 4 is 41.5 Å².